The van der Waals surface area contributed by atoms with Crippen LogP contribution in [0.25, 0.3) is 0 Å². The van der Waals surface area contributed by atoms with Crippen molar-refractivity contribution in [3.63, 3.8) is 0 Å². The topological polar surface area (TPSA) is 89.0 Å². The zero-order valence-electron chi connectivity index (χ0n) is 12.1. The number of carbonyl (C=O) groups is 2. The van der Waals surface area contributed by atoms with Crippen LogP contribution in [0.4, 0.5) is 0 Å². The van der Waals surface area contributed by atoms with Gasteiger partial charge in [0.2, 0.25) is 0 Å². The number of ether oxygens (including phenoxy) is 2. The Morgan fingerprint density at radius 2 is 2.32 bits per heavy atom. The van der Waals surface area contributed by atoms with Crippen molar-refractivity contribution in [1.29, 1.82) is 0 Å². The van der Waals surface area contributed by atoms with E-state index in [0.717, 1.165) is 24.5 Å². The highest BCUT2D eigenvalue weighted by atomic mass is 32.1. The molecule has 7 nitrogen and oxygen atoms in total. The van der Waals surface area contributed by atoms with Crippen molar-refractivity contribution >= 4 is 23.2 Å². The highest BCUT2D eigenvalue weighted by Crippen LogP contribution is 2.32. The first-order valence-electron chi connectivity index (χ1n) is 7.33. The first-order chi connectivity index (χ1) is 10.6. The summed E-state index contributed by atoms with van der Waals surface area (Å²) in [7, 11) is 0. The zero-order valence-corrected chi connectivity index (χ0v) is 12.9. The largest absolute Gasteiger partial charge is 0.481 e. The number of carboxylic acid groups (broad SMARTS) is 1. The minimum atomic E-state index is -0.933. The van der Waals surface area contributed by atoms with Gasteiger partial charge in [-0.25, -0.2) is 4.98 Å². The zero-order chi connectivity index (χ0) is 15.5. The molecule has 2 saturated heterocycles. The Bertz CT molecular complexity index is 555. The van der Waals surface area contributed by atoms with E-state index in [1.165, 1.54) is 11.3 Å². The SMILES string of the molecule is O=C(O)CC1COCCN1C(=O)c1cnc(C2CCCO2)s1. The summed E-state index contributed by atoms with van der Waals surface area (Å²) in [5.74, 6) is -1.10. The molecule has 2 aliphatic rings. The van der Waals surface area contributed by atoms with Crippen molar-refractivity contribution in [2.75, 3.05) is 26.4 Å². The molecule has 2 aliphatic heterocycles. The molecule has 3 heterocycles. The van der Waals surface area contributed by atoms with Crippen LogP contribution in [0, 0.1) is 0 Å². The third-order valence-electron chi connectivity index (χ3n) is 3.84. The second kappa shape index (κ2) is 6.72. The van der Waals surface area contributed by atoms with Gasteiger partial charge in [-0.2, -0.15) is 0 Å². The molecule has 3 rings (SSSR count). The number of aromatic nitrogens is 1. The van der Waals surface area contributed by atoms with Gasteiger partial charge in [-0.1, -0.05) is 0 Å². The maximum absolute atomic E-state index is 12.6. The van der Waals surface area contributed by atoms with Crippen molar-refractivity contribution in [2.45, 2.75) is 31.4 Å². The Balaban J connectivity index is 1.72. The van der Waals surface area contributed by atoms with Gasteiger partial charge >= 0.3 is 5.97 Å². The van der Waals surface area contributed by atoms with E-state index in [1.807, 2.05) is 0 Å². The quantitative estimate of drug-likeness (QED) is 0.897. The first kappa shape index (κ1) is 15.4. The highest BCUT2D eigenvalue weighted by molar-refractivity contribution is 7.13. The van der Waals surface area contributed by atoms with Gasteiger partial charge in [-0.3, -0.25) is 9.59 Å². The van der Waals surface area contributed by atoms with Crippen LogP contribution in [-0.2, 0) is 14.3 Å². The van der Waals surface area contributed by atoms with Gasteiger partial charge in [-0.05, 0) is 12.8 Å². The van der Waals surface area contributed by atoms with Crippen molar-refractivity contribution in [2.24, 2.45) is 0 Å². The van der Waals surface area contributed by atoms with Crippen molar-refractivity contribution in [3.8, 4) is 0 Å². The van der Waals surface area contributed by atoms with Gasteiger partial charge in [0.15, 0.2) is 0 Å². The Kier molecular flexibility index (Phi) is 4.70. The van der Waals surface area contributed by atoms with Crippen LogP contribution in [-0.4, -0.2) is 59.3 Å². The number of thiazole rings is 1. The van der Waals surface area contributed by atoms with E-state index in [0.29, 0.717) is 18.0 Å². The Morgan fingerprint density at radius 1 is 1.45 bits per heavy atom. The summed E-state index contributed by atoms with van der Waals surface area (Å²) >= 11 is 1.34. The summed E-state index contributed by atoms with van der Waals surface area (Å²) in [5, 5.41) is 9.79. The minimum absolute atomic E-state index is 0.00828. The Morgan fingerprint density at radius 3 is 3.05 bits per heavy atom. The van der Waals surface area contributed by atoms with Gasteiger partial charge in [0.25, 0.3) is 5.91 Å². The predicted molar refractivity (Wildman–Crippen MR) is 77.9 cm³/mol. The summed E-state index contributed by atoms with van der Waals surface area (Å²) in [4.78, 5) is 30.0. The molecule has 8 heteroatoms. The van der Waals surface area contributed by atoms with Crippen molar-refractivity contribution in [1.82, 2.24) is 9.88 Å². The number of morpholine rings is 1. The van der Waals surface area contributed by atoms with Gasteiger partial charge in [0, 0.05) is 13.2 Å². The summed E-state index contributed by atoms with van der Waals surface area (Å²) in [6.07, 6.45) is 3.39. The van der Waals surface area contributed by atoms with Gasteiger partial charge < -0.3 is 19.5 Å². The molecule has 0 spiro atoms. The van der Waals surface area contributed by atoms with Gasteiger partial charge in [0.1, 0.15) is 16.0 Å². The fourth-order valence-electron chi connectivity index (χ4n) is 2.74. The lowest BCUT2D eigenvalue weighted by Gasteiger charge is -2.34. The molecular weight excluding hydrogens is 308 g/mol. The number of hydrogen-bond acceptors (Lipinski definition) is 6. The number of amides is 1. The van der Waals surface area contributed by atoms with E-state index in [2.05, 4.69) is 4.98 Å². The maximum Gasteiger partial charge on any atom is 0.305 e. The molecule has 0 aliphatic carbocycles. The van der Waals surface area contributed by atoms with Crippen LogP contribution in [0.2, 0.25) is 0 Å². The van der Waals surface area contributed by atoms with Crippen LogP contribution >= 0.6 is 11.3 Å². The normalized spacial score (nSPS) is 25.4. The summed E-state index contributed by atoms with van der Waals surface area (Å²) in [5.41, 5.74) is 0. The van der Waals surface area contributed by atoms with Crippen molar-refractivity contribution < 1.29 is 24.2 Å². The van der Waals surface area contributed by atoms with Gasteiger partial charge in [-0.15, -0.1) is 11.3 Å². The lowest BCUT2D eigenvalue weighted by molar-refractivity contribution is -0.139. The van der Waals surface area contributed by atoms with E-state index >= 15 is 0 Å². The van der Waals surface area contributed by atoms with Crippen LogP contribution in [0.15, 0.2) is 6.20 Å². The molecule has 1 aromatic rings. The molecule has 0 bridgehead atoms. The molecule has 1 amide bonds. The maximum atomic E-state index is 12.6. The summed E-state index contributed by atoms with van der Waals surface area (Å²) in [6, 6.07) is -0.424. The molecular formula is C14H18N2O5S. The minimum Gasteiger partial charge on any atom is -0.481 e. The number of carboxylic acids is 1. The Labute approximate surface area is 131 Å². The van der Waals surface area contributed by atoms with E-state index in [1.54, 1.807) is 11.1 Å². The predicted octanol–water partition coefficient (Wildman–Crippen LogP) is 1.31. The number of aliphatic carboxylic acids is 1. The highest BCUT2D eigenvalue weighted by Gasteiger charge is 2.31. The molecule has 2 unspecified atom stereocenters. The molecule has 2 atom stereocenters. The molecule has 0 aromatic carbocycles. The number of carbonyl (C=O) groups excluding carboxylic acids is 1. The average Bonchev–Trinajstić information content (AvgIpc) is 3.17. The van der Waals surface area contributed by atoms with Crippen LogP contribution in [0.5, 0.6) is 0 Å². The van der Waals surface area contributed by atoms with Crippen LogP contribution in [0.1, 0.15) is 40.0 Å². The lowest BCUT2D eigenvalue weighted by Crippen LogP contribution is -2.49. The average molecular weight is 326 g/mol. The standard InChI is InChI=1S/C14H18N2O5S/c17-12(18)6-9-8-20-5-3-16(9)14(19)11-7-15-13(22-11)10-2-1-4-21-10/h7,9-10H,1-6,8H2,(H,17,18). The van der Waals surface area contributed by atoms with E-state index in [9.17, 15) is 9.59 Å². The second-order valence-corrected chi connectivity index (χ2v) is 6.45. The third kappa shape index (κ3) is 3.29. The molecule has 22 heavy (non-hydrogen) atoms. The Hall–Kier alpha value is -1.51. The number of nitrogens with zero attached hydrogens (tertiary/aromatic N) is 2. The van der Waals surface area contributed by atoms with E-state index < -0.39 is 12.0 Å². The van der Waals surface area contributed by atoms with Crippen LogP contribution < -0.4 is 0 Å². The van der Waals surface area contributed by atoms with Crippen molar-refractivity contribution in [3.05, 3.63) is 16.1 Å². The smallest absolute Gasteiger partial charge is 0.305 e. The summed E-state index contributed by atoms with van der Waals surface area (Å²) in [6.45, 7) is 1.83. The van der Waals surface area contributed by atoms with E-state index in [4.69, 9.17) is 14.6 Å². The molecule has 0 saturated carbocycles. The third-order valence-corrected chi connectivity index (χ3v) is 4.92. The fourth-order valence-corrected chi connectivity index (χ4v) is 3.70. The fraction of sp³-hybridized carbons (Fsp3) is 0.643. The number of rotatable bonds is 4. The molecule has 120 valence electrons. The second-order valence-electron chi connectivity index (χ2n) is 5.39. The first-order valence-corrected chi connectivity index (χ1v) is 8.14. The monoisotopic (exact) mass is 326 g/mol. The summed E-state index contributed by atoms with van der Waals surface area (Å²) < 4.78 is 10.9. The van der Waals surface area contributed by atoms with Gasteiger partial charge in [0.05, 0.1) is 31.9 Å². The lowest BCUT2D eigenvalue weighted by atomic mass is 10.1. The van der Waals surface area contributed by atoms with Crippen LogP contribution in [0.3, 0.4) is 0 Å². The molecule has 1 N–H and O–H groups in total. The molecule has 1 aromatic heterocycles. The number of hydrogen-bond donors (Lipinski definition) is 1. The molecule has 2 fully saturated rings. The molecule has 0 radical (unpaired) electrons. The van der Waals surface area contributed by atoms with E-state index in [-0.39, 0.29) is 25.0 Å².